The summed E-state index contributed by atoms with van der Waals surface area (Å²) in [5.41, 5.74) is 0.399. The molecule has 1 saturated heterocycles. The molecule has 0 N–H and O–H groups in total. The normalized spacial score (nSPS) is 28.6. The van der Waals surface area contributed by atoms with Crippen LogP contribution in [0.15, 0.2) is 0 Å². The van der Waals surface area contributed by atoms with Gasteiger partial charge >= 0.3 is 0 Å². The van der Waals surface area contributed by atoms with Crippen molar-refractivity contribution in [2.45, 2.75) is 78.6 Å². The Hall–Kier alpha value is -0.160. The smallest absolute Gasteiger partial charge is 0.0842 e. The van der Waals surface area contributed by atoms with Crippen LogP contribution in [0.2, 0.25) is 0 Å². The highest BCUT2D eigenvalue weighted by molar-refractivity contribution is 4.83. The number of hydroxylamine groups is 2. The van der Waals surface area contributed by atoms with Gasteiger partial charge in [0.2, 0.25) is 0 Å². The van der Waals surface area contributed by atoms with Crippen LogP contribution in [0.5, 0.6) is 0 Å². The second-order valence-corrected chi connectivity index (χ2v) is 9.13. The van der Waals surface area contributed by atoms with Gasteiger partial charge in [0.1, 0.15) is 0 Å². The molecule has 2 aliphatic rings. The molecular formula is C18H36N2O2. The fourth-order valence-corrected chi connectivity index (χ4v) is 2.96. The molecule has 0 bridgehead atoms. The molecule has 22 heavy (non-hydrogen) atoms. The molecule has 2 rings (SSSR count). The summed E-state index contributed by atoms with van der Waals surface area (Å²) >= 11 is 0. The second-order valence-electron chi connectivity index (χ2n) is 9.13. The molecular weight excluding hydrogens is 276 g/mol. The van der Waals surface area contributed by atoms with Gasteiger partial charge in [-0.15, -0.1) is 0 Å². The highest BCUT2D eigenvalue weighted by Gasteiger charge is 2.35. The third-order valence-electron chi connectivity index (χ3n) is 4.38. The van der Waals surface area contributed by atoms with Crippen LogP contribution in [0.4, 0.5) is 0 Å². The Bertz CT molecular complexity index is 332. The lowest BCUT2D eigenvalue weighted by Crippen LogP contribution is -2.51. The van der Waals surface area contributed by atoms with Crippen molar-refractivity contribution in [2.24, 2.45) is 5.41 Å². The van der Waals surface area contributed by atoms with Gasteiger partial charge in [-0.1, -0.05) is 20.8 Å². The van der Waals surface area contributed by atoms with Gasteiger partial charge in [0.25, 0.3) is 0 Å². The van der Waals surface area contributed by atoms with Crippen molar-refractivity contribution in [3.8, 4) is 0 Å². The van der Waals surface area contributed by atoms with E-state index in [0.29, 0.717) is 17.6 Å². The lowest BCUT2D eigenvalue weighted by molar-refractivity contribution is -0.257. The van der Waals surface area contributed by atoms with Crippen molar-refractivity contribution in [1.82, 2.24) is 9.96 Å². The van der Waals surface area contributed by atoms with E-state index >= 15 is 0 Å². The standard InChI is InChI=1S/C18H36N2O2/c1-17(2,3)7-8-19-9-11-20(12-10-19)22-16-13-15(14-16)21-18(4,5)6/h15-16H,7-14H2,1-6H3. The summed E-state index contributed by atoms with van der Waals surface area (Å²) in [4.78, 5) is 8.66. The van der Waals surface area contributed by atoms with E-state index in [1.807, 2.05) is 0 Å². The largest absolute Gasteiger partial charge is 0.372 e. The summed E-state index contributed by atoms with van der Waals surface area (Å²) in [5, 5.41) is 2.17. The SMILES string of the molecule is CC(C)(C)CCN1CCN(OC2CC(OC(C)(C)C)C2)CC1. The Kier molecular flexibility index (Phi) is 5.92. The zero-order valence-corrected chi connectivity index (χ0v) is 15.5. The van der Waals surface area contributed by atoms with Gasteiger partial charge in [-0.05, 0) is 39.2 Å². The third-order valence-corrected chi connectivity index (χ3v) is 4.38. The molecule has 130 valence electrons. The second kappa shape index (κ2) is 7.16. The molecule has 0 aromatic carbocycles. The molecule has 0 amide bonds. The van der Waals surface area contributed by atoms with Gasteiger partial charge in [-0.25, -0.2) is 0 Å². The fraction of sp³-hybridized carbons (Fsp3) is 1.00. The van der Waals surface area contributed by atoms with Gasteiger partial charge in [0.05, 0.1) is 17.8 Å². The summed E-state index contributed by atoms with van der Waals surface area (Å²) < 4.78 is 5.97. The number of nitrogens with zero attached hydrogens (tertiary/aromatic N) is 2. The molecule has 1 saturated carbocycles. The van der Waals surface area contributed by atoms with Crippen LogP contribution < -0.4 is 0 Å². The first-order valence-electron chi connectivity index (χ1n) is 8.93. The molecule has 0 aromatic rings. The first-order valence-corrected chi connectivity index (χ1v) is 8.93. The van der Waals surface area contributed by atoms with Crippen molar-refractivity contribution in [1.29, 1.82) is 0 Å². The fourth-order valence-electron chi connectivity index (χ4n) is 2.96. The average Bonchev–Trinajstić information content (AvgIpc) is 2.33. The van der Waals surface area contributed by atoms with E-state index in [1.165, 1.54) is 13.0 Å². The van der Waals surface area contributed by atoms with Gasteiger partial charge in [0, 0.05) is 39.0 Å². The summed E-state index contributed by atoms with van der Waals surface area (Å²) in [6.45, 7) is 18.9. The van der Waals surface area contributed by atoms with Crippen molar-refractivity contribution in [2.75, 3.05) is 32.7 Å². The van der Waals surface area contributed by atoms with Crippen LogP contribution in [0.25, 0.3) is 0 Å². The van der Waals surface area contributed by atoms with Crippen molar-refractivity contribution >= 4 is 0 Å². The number of piperazine rings is 1. The lowest BCUT2D eigenvalue weighted by Gasteiger charge is -2.42. The molecule has 0 aromatic heterocycles. The van der Waals surface area contributed by atoms with Gasteiger partial charge in [-0.2, -0.15) is 5.06 Å². The number of ether oxygens (including phenoxy) is 1. The minimum absolute atomic E-state index is 0.0334. The Morgan fingerprint density at radius 2 is 1.45 bits per heavy atom. The average molecular weight is 312 g/mol. The van der Waals surface area contributed by atoms with Crippen LogP contribution in [0, 0.1) is 5.41 Å². The van der Waals surface area contributed by atoms with Gasteiger partial charge < -0.3 is 9.64 Å². The maximum absolute atomic E-state index is 6.09. The molecule has 1 aliphatic heterocycles. The van der Waals surface area contributed by atoms with Crippen LogP contribution in [-0.2, 0) is 9.57 Å². The minimum atomic E-state index is -0.0334. The Morgan fingerprint density at radius 1 is 0.864 bits per heavy atom. The van der Waals surface area contributed by atoms with Crippen molar-refractivity contribution < 1.29 is 9.57 Å². The summed E-state index contributed by atoms with van der Waals surface area (Å²) in [7, 11) is 0. The van der Waals surface area contributed by atoms with Crippen LogP contribution in [0.1, 0.15) is 60.8 Å². The quantitative estimate of drug-likeness (QED) is 0.777. The van der Waals surface area contributed by atoms with Gasteiger partial charge in [-0.3, -0.25) is 4.84 Å². The number of rotatable bonds is 5. The molecule has 0 unspecified atom stereocenters. The maximum Gasteiger partial charge on any atom is 0.0842 e. The van der Waals surface area contributed by atoms with Crippen molar-refractivity contribution in [3.05, 3.63) is 0 Å². The summed E-state index contributed by atoms with van der Waals surface area (Å²) in [6.07, 6.45) is 4.11. The molecule has 0 atom stereocenters. The zero-order valence-electron chi connectivity index (χ0n) is 15.5. The molecule has 0 radical (unpaired) electrons. The topological polar surface area (TPSA) is 24.9 Å². The number of hydrogen-bond acceptors (Lipinski definition) is 4. The molecule has 0 spiro atoms. The maximum atomic E-state index is 6.09. The molecule has 1 aliphatic carbocycles. The molecule has 4 heteroatoms. The predicted molar refractivity (Wildman–Crippen MR) is 90.8 cm³/mol. The molecule has 4 nitrogen and oxygen atoms in total. The first-order chi connectivity index (χ1) is 10.1. The van der Waals surface area contributed by atoms with E-state index in [1.54, 1.807) is 0 Å². The van der Waals surface area contributed by atoms with Gasteiger partial charge in [0.15, 0.2) is 0 Å². The Labute approximate surface area is 137 Å². The first kappa shape index (κ1) is 18.2. The monoisotopic (exact) mass is 312 g/mol. The lowest BCUT2D eigenvalue weighted by atomic mass is 9.91. The summed E-state index contributed by atoms with van der Waals surface area (Å²) in [6, 6.07) is 0. The van der Waals surface area contributed by atoms with Crippen LogP contribution in [0.3, 0.4) is 0 Å². The van der Waals surface area contributed by atoms with Crippen LogP contribution >= 0.6 is 0 Å². The summed E-state index contributed by atoms with van der Waals surface area (Å²) in [5.74, 6) is 0. The number of hydrogen-bond donors (Lipinski definition) is 0. The Balaban J connectivity index is 1.57. The van der Waals surface area contributed by atoms with E-state index in [4.69, 9.17) is 9.57 Å². The van der Waals surface area contributed by atoms with E-state index in [-0.39, 0.29) is 5.60 Å². The van der Waals surface area contributed by atoms with E-state index in [0.717, 1.165) is 39.0 Å². The zero-order chi connectivity index (χ0) is 16.4. The highest BCUT2D eigenvalue weighted by Crippen LogP contribution is 2.30. The molecule has 2 fully saturated rings. The van der Waals surface area contributed by atoms with E-state index in [9.17, 15) is 0 Å². The van der Waals surface area contributed by atoms with Crippen LogP contribution in [-0.4, -0.2) is 60.5 Å². The van der Waals surface area contributed by atoms with E-state index in [2.05, 4.69) is 51.5 Å². The van der Waals surface area contributed by atoms with Crippen molar-refractivity contribution in [3.63, 3.8) is 0 Å². The Morgan fingerprint density at radius 3 is 1.95 bits per heavy atom. The predicted octanol–water partition coefficient (Wildman–Crippen LogP) is 3.32. The third kappa shape index (κ3) is 6.53. The minimum Gasteiger partial charge on any atom is -0.372 e. The molecule has 1 heterocycles. The van der Waals surface area contributed by atoms with E-state index < -0.39 is 0 Å². The highest BCUT2D eigenvalue weighted by atomic mass is 16.7.